The summed E-state index contributed by atoms with van der Waals surface area (Å²) >= 11 is 1.67. The maximum atomic E-state index is 12.6. The smallest absolute Gasteiger partial charge is 0.232 e. The second-order valence-corrected chi connectivity index (χ2v) is 7.38. The number of thioether (sulfide) groups is 1. The molecule has 0 radical (unpaired) electrons. The summed E-state index contributed by atoms with van der Waals surface area (Å²) in [6.07, 6.45) is 3.74. The number of carbonyl (C=O) groups excluding carboxylic acids is 1. The van der Waals surface area contributed by atoms with Crippen LogP contribution >= 0.6 is 11.8 Å². The van der Waals surface area contributed by atoms with Crippen LogP contribution in [-0.2, 0) is 18.4 Å². The van der Waals surface area contributed by atoms with Gasteiger partial charge in [0.25, 0.3) is 0 Å². The lowest BCUT2D eigenvalue weighted by Gasteiger charge is -2.20. The van der Waals surface area contributed by atoms with Gasteiger partial charge in [-0.3, -0.25) is 9.48 Å². The van der Waals surface area contributed by atoms with Gasteiger partial charge in [0.05, 0.1) is 17.2 Å². The van der Waals surface area contributed by atoms with Gasteiger partial charge in [0.15, 0.2) is 0 Å². The predicted molar refractivity (Wildman–Crippen MR) is 107 cm³/mol. The van der Waals surface area contributed by atoms with Gasteiger partial charge in [-0.25, -0.2) is 0 Å². The van der Waals surface area contributed by atoms with Crippen molar-refractivity contribution >= 4 is 17.7 Å². The van der Waals surface area contributed by atoms with Crippen LogP contribution in [0.15, 0.2) is 73.1 Å². The molecule has 3 aromatic rings. The lowest BCUT2D eigenvalue weighted by molar-refractivity contribution is -0.127. The summed E-state index contributed by atoms with van der Waals surface area (Å²) in [5.74, 6) is 0.557. The molecule has 0 N–H and O–H groups in total. The normalized spacial score (nSPS) is 10.9. The van der Waals surface area contributed by atoms with Crippen molar-refractivity contribution in [1.82, 2.24) is 14.7 Å². The summed E-state index contributed by atoms with van der Waals surface area (Å²) < 4.78 is 1.75. The molecule has 5 heteroatoms. The van der Waals surface area contributed by atoms with Crippen molar-refractivity contribution in [2.24, 2.45) is 7.05 Å². The number of benzene rings is 2. The van der Waals surface area contributed by atoms with Gasteiger partial charge < -0.3 is 4.90 Å². The average Bonchev–Trinajstić information content (AvgIpc) is 3.08. The van der Waals surface area contributed by atoms with Crippen molar-refractivity contribution < 1.29 is 4.79 Å². The van der Waals surface area contributed by atoms with Gasteiger partial charge in [-0.05, 0) is 11.1 Å². The van der Waals surface area contributed by atoms with Crippen molar-refractivity contribution in [3.63, 3.8) is 0 Å². The first-order valence-corrected chi connectivity index (χ1v) is 9.61. The number of carbonyl (C=O) groups is 1. The highest BCUT2D eigenvalue weighted by Crippen LogP contribution is 2.35. The second kappa shape index (κ2) is 8.72. The highest BCUT2D eigenvalue weighted by atomic mass is 32.2. The van der Waals surface area contributed by atoms with Crippen LogP contribution in [0.4, 0.5) is 0 Å². The van der Waals surface area contributed by atoms with Crippen LogP contribution in [-0.4, -0.2) is 33.4 Å². The van der Waals surface area contributed by atoms with Gasteiger partial charge in [0.2, 0.25) is 5.91 Å². The third-order valence-electron chi connectivity index (χ3n) is 4.18. The van der Waals surface area contributed by atoms with E-state index in [0.29, 0.717) is 12.3 Å². The number of nitrogens with zero attached hydrogens (tertiary/aromatic N) is 3. The zero-order chi connectivity index (χ0) is 18.4. The molecule has 0 aliphatic heterocycles. The molecule has 0 fully saturated rings. The number of hydrogen-bond acceptors (Lipinski definition) is 3. The van der Waals surface area contributed by atoms with Crippen LogP contribution in [0.2, 0.25) is 0 Å². The average molecular weight is 366 g/mol. The quantitative estimate of drug-likeness (QED) is 0.637. The lowest BCUT2D eigenvalue weighted by Crippen LogP contribution is -2.28. The Morgan fingerprint density at radius 3 is 2.15 bits per heavy atom. The Balaban J connectivity index is 1.66. The summed E-state index contributed by atoms with van der Waals surface area (Å²) in [5, 5.41) is 4.30. The first-order chi connectivity index (χ1) is 12.6. The van der Waals surface area contributed by atoms with Gasteiger partial charge in [-0.15, -0.1) is 11.8 Å². The standard InChI is InChI=1S/C21H23N3OS/c1-23(14-17-13-22-24(2)15-17)20(25)16-26-21(18-9-5-3-6-10-18)19-11-7-4-8-12-19/h3-13,15,21H,14,16H2,1-2H3. The van der Waals surface area contributed by atoms with E-state index in [4.69, 9.17) is 0 Å². The van der Waals surface area contributed by atoms with E-state index in [9.17, 15) is 4.79 Å². The maximum absolute atomic E-state index is 12.6. The van der Waals surface area contributed by atoms with Crippen molar-refractivity contribution in [3.8, 4) is 0 Å². The topological polar surface area (TPSA) is 38.1 Å². The SMILES string of the molecule is CN(Cc1cnn(C)c1)C(=O)CSC(c1ccccc1)c1ccccc1. The minimum Gasteiger partial charge on any atom is -0.341 e. The minimum atomic E-state index is 0.121. The van der Waals surface area contributed by atoms with Crippen molar-refractivity contribution in [2.75, 3.05) is 12.8 Å². The summed E-state index contributed by atoms with van der Waals surface area (Å²) in [6, 6.07) is 20.7. The van der Waals surface area contributed by atoms with Gasteiger partial charge in [0.1, 0.15) is 0 Å². The van der Waals surface area contributed by atoms with Crippen LogP contribution in [0.1, 0.15) is 21.9 Å². The molecular weight excluding hydrogens is 342 g/mol. The van der Waals surface area contributed by atoms with E-state index in [-0.39, 0.29) is 11.2 Å². The van der Waals surface area contributed by atoms with E-state index in [2.05, 4.69) is 29.4 Å². The van der Waals surface area contributed by atoms with Crippen LogP contribution in [0.25, 0.3) is 0 Å². The van der Waals surface area contributed by atoms with Crippen LogP contribution < -0.4 is 0 Å². The number of aryl methyl sites for hydroxylation is 1. The van der Waals surface area contributed by atoms with Crippen molar-refractivity contribution in [2.45, 2.75) is 11.8 Å². The maximum Gasteiger partial charge on any atom is 0.232 e. The van der Waals surface area contributed by atoms with Crippen LogP contribution in [0.3, 0.4) is 0 Å². The largest absolute Gasteiger partial charge is 0.341 e. The lowest BCUT2D eigenvalue weighted by atomic mass is 10.0. The van der Waals surface area contributed by atoms with E-state index in [1.807, 2.05) is 56.7 Å². The Bertz CT molecular complexity index is 793. The summed E-state index contributed by atoms with van der Waals surface area (Å²) in [5.41, 5.74) is 3.47. The first-order valence-electron chi connectivity index (χ1n) is 8.56. The molecule has 26 heavy (non-hydrogen) atoms. The Morgan fingerprint density at radius 1 is 1.08 bits per heavy atom. The third kappa shape index (κ3) is 4.76. The fourth-order valence-corrected chi connectivity index (χ4v) is 4.05. The van der Waals surface area contributed by atoms with Crippen molar-refractivity contribution in [3.05, 3.63) is 89.7 Å². The van der Waals surface area contributed by atoms with E-state index >= 15 is 0 Å². The Hall–Kier alpha value is -2.53. The monoisotopic (exact) mass is 365 g/mol. The van der Waals surface area contributed by atoms with E-state index in [1.165, 1.54) is 11.1 Å². The third-order valence-corrected chi connectivity index (χ3v) is 5.47. The molecule has 2 aromatic carbocycles. The fraction of sp³-hybridized carbons (Fsp3) is 0.238. The molecule has 0 unspecified atom stereocenters. The molecule has 0 saturated heterocycles. The summed E-state index contributed by atoms with van der Waals surface area (Å²) in [6.45, 7) is 0.578. The molecule has 0 spiro atoms. The second-order valence-electron chi connectivity index (χ2n) is 6.28. The molecule has 0 bridgehead atoms. The van der Waals surface area contributed by atoms with Gasteiger partial charge in [0, 0.05) is 32.4 Å². The first kappa shape index (κ1) is 18.3. The van der Waals surface area contributed by atoms with Crippen molar-refractivity contribution in [1.29, 1.82) is 0 Å². The summed E-state index contributed by atoms with van der Waals surface area (Å²) in [4.78, 5) is 14.4. The molecule has 1 aromatic heterocycles. The molecule has 1 heterocycles. The minimum absolute atomic E-state index is 0.121. The fourth-order valence-electron chi connectivity index (χ4n) is 2.82. The zero-order valence-corrected chi connectivity index (χ0v) is 15.9. The van der Waals surface area contributed by atoms with Gasteiger partial charge in [-0.1, -0.05) is 60.7 Å². The molecular formula is C21H23N3OS. The number of rotatable bonds is 7. The highest BCUT2D eigenvalue weighted by molar-refractivity contribution is 8.00. The van der Waals surface area contributed by atoms with E-state index < -0.39 is 0 Å². The molecule has 1 amide bonds. The Kier molecular flexibility index (Phi) is 6.12. The number of hydrogen-bond donors (Lipinski definition) is 0. The predicted octanol–water partition coefficient (Wildman–Crippen LogP) is 3.90. The molecule has 0 atom stereocenters. The van der Waals surface area contributed by atoms with E-state index in [1.54, 1.807) is 27.5 Å². The zero-order valence-electron chi connectivity index (χ0n) is 15.1. The molecule has 0 saturated carbocycles. The molecule has 134 valence electrons. The van der Waals surface area contributed by atoms with Gasteiger partial charge in [-0.2, -0.15) is 5.10 Å². The highest BCUT2D eigenvalue weighted by Gasteiger charge is 2.18. The molecule has 3 rings (SSSR count). The van der Waals surface area contributed by atoms with Crippen LogP contribution in [0.5, 0.6) is 0 Å². The number of aromatic nitrogens is 2. The number of amides is 1. The van der Waals surface area contributed by atoms with Gasteiger partial charge >= 0.3 is 0 Å². The Labute approximate surface area is 158 Å². The molecule has 4 nitrogen and oxygen atoms in total. The van der Waals surface area contributed by atoms with E-state index in [0.717, 1.165) is 5.56 Å². The Morgan fingerprint density at radius 2 is 1.65 bits per heavy atom. The molecule has 0 aliphatic carbocycles. The molecule has 0 aliphatic rings. The summed E-state index contributed by atoms with van der Waals surface area (Å²) in [7, 11) is 3.72. The van der Waals surface area contributed by atoms with Crippen LogP contribution in [0, 0.1) is 0 Å².